The second-order valence-electron chi connectivity index (χ2n) is 12.4. The second kappa shape index (κ2) is 4.86. The first kappa shape index (κ1) is 16.8. The van der Waals surface area contributed by atoms with Crippen molar-refractivity contribution in [3.8, 4) is 0 Å². The van der Waals surface area contributed by atoms with Crippen molar-refractivity contribution in [2.24, 2.45) is 57.7 Å². The molecule has 150 valence electrons. The van der Waals surface area contributed by atoms with E-state index in [1.54, 1.807) is 5.57 Å². The third-order valence-corrected chi connectivity index (χ3v) is 11.9. The zero-order chi connectivity index (χ0) is 19.1. The number of rotatable bonds is 0. The maximum Gasteiger partial charge on any atom is 0.155 e. The first-order valence-corrected chi connectivity index (χ1v) is 12.2. The number of Topliss-reactive ketones (excluding diaryl/α,β-unsaturated/α-hetero) is 1. The van der Waals surface area contributed by atoms with Crippen molar-refractivity contribution in [3.63, 3.8) is 0 Å². The molecule has 9 atom stereocenters. The first-order chi connectivity index (χ1) is 13.4. The van der Waals surface area contributed by atoms with E-state index in [9.17, 15) is 9.59 Å². The van der Waals surface area contributed by atoms with E-state index in [0.717, 1.165) is 67.1 Å². The van der Waals surface area contributed by atoms with Gasteiger partial charge in [0.1, 0.15) is 5.78 Å². The minimum absolute atomic E-state index is 0.306. The van der Waals surface area contributed by atoms with Crippen molar-refractivity contribution < 1.29 is 9.59 Å². The van der Waals surface area contributed by atoms with Crippen LogP contribution in [-0.4, -0.2) is 11.6 Å². The fourth-order valence-electron chi connectivity index (χ4n) is 10.6. The Morgan fingerprint density at radius 1 is 0.893 bits per heavy atom. The van der Waals surface area contributed by atoms with E-state index in [4.69, 9.17) is 0 Å². The van der Waals surface area contributed by atoms with Crippen molar-refractivity contribution in [2.75, 3.05) is 0 Å². The molecule has 0 saturated heterocycles. The molecule has 0 amide bonds. The summed E-state index contributed by atoms with van der Waals surface area (Å²) in [6.07, 6.45) is 13.7. The number of fused-ring (bicyclic) bond motifs is 12. The van der Waals surface area contributed by atoms with Crippen LogP contribution in [0.4, 0.5) is 0 Å². The lowest BCUT2D eigenvalue weighted by Crippen LogP contribution is -2.55. The molecule has 0 aromatic heterocycles. The van der Waals surface area contributed by atoms with E-state index in [1.807, 2.05) is 0 Å². The van der Waals surface area contributed by atoms with Crippen molar-refractivity contribution in [1.82, 2.24) is 0 Å². The molecule has 6 saturated carbocycles. The normalized spacial score (nSPS) is 57.5. The maximum absolute atomic E-state index is 12.2. The van der Waals surface area contributed by atoms with Gasteiger partial charge in [-0.15, -0.1) is 0 Å². The van der Waals surface area contributed by atoms with Crippen LogP contribution in [0.25, 0.3) is 0 Å². The second-order valence-corrected chi connectivity index (χ2v) is 12.4. The summed E-state index contributed by atoms with van der Waals surface area (Å²) in [7, 11) is 0. The van der Waals surface area contributed by atoms with Crippen molar-refractivity contribution in [3.05, 3.63) is 11.6 Å². The highest BCUT2D eigenvalue weighted by Crippen LogP contribution is 2.84. The molecule has 0 radical (unpaired) electrons. The van der Waals surface area contributed by atoms with Gasteiger partial charge in [-0.05, 0) is 109 Å². The lowest BCUT2D eigenvalue weighted by molar-refractivity contribution is -0.136. The molecule has 0 aliphatic heterocycles. The van der Waals surface area contributed by atoms with Crippen molar-refractivity contribution in [1.29, 1.82) is 0 Å². The van der Waals surface area contributed by atoms with E-state index in [2.05, 4.69) is 19.9 Å². The molecule has 0 N–H and O–H groups in total. The van der Waals surface area contributed by atoms with E-state index in [0.29, 0.717) is 27.8 Å². The first-order valence-electron chi connectivity index (χ1n) is 12.2. The molecular formula is C26H34O2. The SMILES string of the molecule is C[C@]12CCC(=O)C=C1[C@@H]1C[C@@H]1C1C2CC[C@@]2(C)C1[C@@H]1C[C@@H]1C21CCC(=O)CC1. The van der Waals surface area contributed by atoms with Gasteiger partial charge in [-0.25, -0.2) is 0 Å². The molecule has 2 heteroatoms. The highest BCUT2D eigenvalue weighted by molar-refractivity contribution is 5.92. The van der Waals surface area contributed by atoms with Crippen LogP contribution in [0.1, 0.15) is 78.1 Å². The summed E-state index contributed by atoms with van der Waals surface area (Å²) in [6, 6.07) is 0. The minimum atomic E-state index is 0.306. The Balaban J connectivity index is 1.31. The molecule has 28 heavy (non-hydrogen) atoms. The maximum atomic E-state index is 12.2. The molecule has 0 aromatic rings. The van der Waals surface area contributed by atoms with E-state index < -0.39 is 0 Å². The number of ketones is 2. The van der Waals surface area contributed by atoms with E-state index in [1.165, 1.54) is 38.5 Å². The van der Waals surface area contributed by atoms with E-state index >= 15 is 0 Å². The number of allylic oxidation sites excluding steroid dienone is 1. The average Bonchev–Trinajstić information content (AvgIpc) is 3.57. The Morgan fingerprint density at radius 3 is 2.46 bits per heavy atom. The zero-order valence-corrected chi connectivity index (χ0v) is 17.5. The monoisotopic (exact) mass is 378 g/mol. The van der Waals surface area contributed by atoms with Crippen molar-refractivity contribution in [2.45, 2.75) is 78.1 Å². The lowest BCUT2D eigenvalue weighted by Gasteiger charge is -2.62. The van der Waals surface area contributed by atoms with Gasteiger partial charge < -0.3 is 0 Å². The fourth-order valence-corrected chi connectivity index (χ4v) is 10.6. The molecular weight excluding hydrogens is 344 g/mol. The van der Waals surface area contributed by atoms with Crippen LogP contribution in [0, 0.1) is 57.7 Å². The minimum Gasteiger partial charge on any atom is -0.300 e. The average molecular weight is 379 g/mol. The lowest BCUT2D eigenvalue weighted by atomic mass is 9.42. The Morgan fingerprint density at radius 2 is 1.68 bits per heavy atom. The molecule has 0 bridgehead atoms. The van der Waals surface area contributed by atoms with Crippen LogP contribution in [0.15, 0.2) is 11.6 Å². The van der Waals surface area contributed by atoms with Gasteiger partial charge in [0, 0.05) is 19.3 Å². The van der Waals surface area contributed by atoms with Gasteiger partial charge in [-0.3, -0.25) is 9.59 Å². The summed E-state index contributed by atoms with van der Waals surface area (Å²) in [6.45, 7) is 5.21. The number of hydrogen-bond acceptors (Lipinski definition) is 2. The van der Waals surface area contributed by atoms with Crippen LogP contribution in [-0.2, 0) is 9.59 Å². The topological polar surface area (TPSA) is 34.1 Å². The summed E-state index contributed by atoms with van der Waals surface area (Å²) >= 11 is 0. The zero-order valence-electron chi connectivity index (χ0n) is 17.5. The number of hydrogen-bond donors (Lipinski definition) is 0. The molecule has 1 spiro atoms. The van der Waals surface area contributed by atoms with Gasteiger partial charge in [0.2, 0.25) is 0 Å². The quantitative estimate of drug-likeness (QED) is 0.569. The molecule has 0 aromatic carbocycles. The van der Waals surface area contributed by atoms with Gasteiger partial charge in [-0.2, -0.15) is 0 Å². The fraction of sp³-hybridized carbons (Fsp3) is 0.846. The summed E-state index contributed by atoms with van der Waals surface area (Å²) in [5.41, 5.74) is 2.85. The summed E-state index contributed by atoms with van der Waals surface area (Å²) in [4.78, 5) is 24.3. The predicted molar refractivity (Wildman–Crippen MR) is 107 cm³/mol. The standard InChI is InChI=1S/C26H34O2/c1-24-7-3-15(28)11-20(24)16-12-17(16)22-19(24)6-8-25(2)23(22)18-13-21(18)26(25)9-4-14(27)5-10-26/h11,16-19,21-23H,3-10,12-13H2,1-2H3/t16-,17+,18-,19?,21+,22?,23?,24-,25+/m1/s1. The van der Waals surface area contributed by atoms with Gasteiger partial charge in [0.05, 0.1) is 0 Å². The smallest absolute Gasteiger partial charge is 0.155 e. The van der Waals surface area contributed by atoms with Crippen LogP contribution in [0.5, 0.6) is 0 Å². The molecule has 6 fully saturated rings. The number of carbonyl (C=O) groups excluding carboxylic acids is 2. The van der Waals surface area contributed by atoms with Gasteiger partial charge in [0.15, 0.2) is 5.78 Å². The molecule has 7 rings (SSSR count). The molecule has 3 unspecified atom stereocenters. The molecule has 0 heterocycles. The highest BCUT2D eigenvalue weighted by Gasteiger charge is 2.78. The molecule has 7 aliphatic carbocycles. The van der Waals surface area contributed by atoms with Gasteiger partial charge in [-0.1, -0.05) is 19.4 Å². The molecule has 2 nitrogen and oxygen atoms in total. The summed E-state index contributed by atoms with van der Waals surface area (Å²) in [5, 5.41) is 0. The Bertz CT molecular complexity index is 827. The summed E-state index contributed by atoms with van der Waals surface area (Å²) in [5.74, 6) is 7.07. The van der Waals surface area contributed by atoms with Gasteiger partial charge in [0.25, 0.3) is 0 Å². The Kier molecular flexibility index (Phi) is 2.92. The predicted octanol–water partition coefficient (Wildman–Crippen LogP) is 5.36. The Labute approximate surface area is 168 Å². The van der Waals surface area contributed by atoms with E-state index in [-0.39, 0.29) is 0 Å². The highest BCUT2D eigenvalue weighted by atomic mass is 16.1. The van der Waals surface area contributed by atoms with Gasteiger partial charge >= 0.3 is 0 Å². The number of carbonyl (C=O) groups is 2. The van der Waals surface area contributed by atoms with Crippen LogP contribution in [0.3, 0.4) is 0 Å². The third-order valence-electron chi connectivity index (χ3n) is 11.9. The molecule has 7 aliphatic rings. The summed E-state index contributed by atoms with van der Waals surface area (Å²) < 4.78 is 0. The van der Waals surface area contributed by atoms with Crippen LogP contribution >= 0.6 is 0 Å². The van der Waals surface area contributed by atoms with Crippen molar-refractivity contribution >= 4 is 11.6 Å². The third kappa shape index (κ3) is 1.72. The Hall–Kier alpha value is -0.920. The largest absolute Gasteiger partial charge is 0.300 e. The van der Waals surface area contributed by atoms with Crippen LogP contribution in [0.2, 0.25) is 0 Å². The van der Waals surface area contributed by atoms with Crippen LogP contribution < -0.4 is 0 Å².